The van der Waals surface area contributed by atoms with E-state index >= 15 is 0 Å². The zero-order valence-corrected chi connectivity index (χ0v) is 22.5. The van der Waals surface area contributed by atoms with Crippen LogP contribution in [0.5, 0.6) is 0 Å². The lowest BCUT2D eigenvalue weighted by Gasteiger charge is -2.22. The molecule has 6 nitrogen and oxygen atoms in total. The van der Waals surface area contributed by atoms with Crippen LogP contribution >= 0.6 is 0 Å². The molecule has 0 unspecified atom stereocenters. The smallest absolute Gasteiger partial charge is 0.245 e. The molecule has 0 fully saturated rings. The monoisotopic (exact) mass is 506 g/mol. The molecular weight excluding hydrogens is 472 g/mol. The Morgan fingerprint density at radius 2 is 1.50 bits per heavy atom. The zero-order valence-electron chi connectivity index (χ0n) is 21.7. The third-order valence-corrected chi connectivity index (χ3v) is 7.10. The first kappa shape index (κ1) is 27.1. The van der Waals surface area contributed by atoms with Crippen LogP contribution in [-0.4, -0.2) is 32.9 Å². The first-order valence-corrected chi connectivity index (χ1v) is 13.7. The van der Waals surface area contributed by atoms with E-state index in [1.807, 2.05) is 36.4 Å². The van der Waals surface area contributed by atoms with Crippen LogP contribution in [0.15, 0.2) is 72.8 Å². The van der Waals surface area contributed by atoms with Crippen molar-refractivity contribution in [2.75, 3.05) is 22.4 Å². The van der Waals surface area contributed by atoms with E-state index in [0.717, 1.165) is 21.7 Å². The summed E-state index contributed by atoms with van der Waals surface area (Å²) in [6.45, 7) is 10.1. The molecule has 0 aliphatic carbocycles. The van der Waals surface area contributed by atoms with Crippen LogP contribution in [0.1, 0.15) is 67.6 Å². The maximum atomic E-state index is 13.0. The minimum atomic E-state index is -3.69. The molecule has 0 saturated carbocycles. The lowest BCUT2D eigenvalue weighted by Crippen LogP contribution is -2.37. The summed E-state index contributed by atoms with van der Waals surface area (Å²) in [5.74, 6) is -0.359. The van der Waals surface area contributed by atoms with Crippen LogP contribution in [0, 0.1) is 0 Å². The number of nitrogens with zero attached hydrogens (tertiary/aromatic N) is 1. The van der Waals surface area contributed by atoms with E-state index in [9.17, 15) is 18.0 Å². The predicted octanol–water partition coefficient (Wildman–Crippen LogP) is 5.74. The molecule has 0 aliphatic heterocycles. The van der Waals surface area contributed by atoms with Crippen molar-refractivity contribution in [2.24, 2.45) is 0 Å². The molecule has 3 aromatic carbocycles. The number of anilines is 2. The Morgan fingerprint density at radius 3 is 2.03 bits per heavy atom. The number of hydrogen-bond donors (Lipinski definition) is 1. The van der Waals surface area contributed by atoms with Crippen LogP contribution in [0.4, 0.5) is 11.4 Å². The van der Waals surface area contributed by atoms with Crippen molar-refractivity contribution < 1.29 is 18.0 Å². The second-order valence-corrected chi connectivity index (χ2v) is 12.2. The van der Waals surface area contributed by atoms with Crippen LogP contribution in [0.3, 0.4) is 0 Å². The topological polar surface area (TPSA) is 83.6 Å². The fourth-order valence-electron chi connectivity index (χ4n) is 3.78. The number of sulfonamides is 1. The lowest BCUT2D eigenvalue weighted by molar-refractivity contribution is -0.114. The van der Waals surface area contributed by atoms with Gasteiger partial charge in [0.25, 0.3) is 0 Å². The average molecular weight is 507 g/mol. The summed E-state index contributed by atoms with van der Waals surface area (Å²) in [6.07, 6.45) is 1.07. The maximum absolute atomic E-state index is 13.0. The third-order valence-electron chi connectivity index (χ3n) is 5.96. The molecule has 0 spiro atoms. The van der Waals surface area contributed by atoms with E-state index < -0.39 is 15.9 Å². The lowest BCUT2D eigenvalue weighted by atomic mass is 9.86. The van der Waals surface area contributed by atoms with Crippen molar-refractivity contribution in [2.45, 2.75) is 46.0 Å². The minimum Gasteiger partial charge on any atom is -0.324 e. The highest BCUT2D eigenvalue weighted by atomic mass is 32.2. The van der Waals surface area contributed by atoms with Crippen molar-refractivity contribution in [3.63, 3.8) is 0 Å². The van der Waals surface area contributed by atoms with Crippen molar-refractivity contribution >= 4 is 33.1 Å². The van der Waals surface area contributed by atoms with Gasteiger partial charge in [0.1, 0.15) is 6.54 Å². The van der Waals surface area contributed by atoms with Gasteiger partial charge in [0.15, 0.2) is 5.78 Å². The fraction of sp³-hybridized carbons (Fsp3) is 0.310. The Bertz CT molecular complexity index is 1340. The van der Waals surface area contributed by atoms with Crippen LogP contribution in [0.2, 0.25) is 0 Å². The first-order valence-electron chi connectivity index (χ1n) is 11.9. The number of benzene rings is 3. The molecule has 3 aromatic rings. The molecule has 0 heterocycles. The summed E-state index contributed by atoms with van der Waals surface area (Å²) < 4.78 is 25.9. The average Bonchev–Trinajstić information content (AvgIpc) is 2.81. The van der Waals surface area contributed by atoms with E-state index in [4.69, 9.17) is 0 Å². The standard InChI is InChI=1S/C29H34N2O4S/c1-20(2)21-12-16-26(17-13-21)31(36(6,34)35)19-27(32)30-25-9-7-8-23(18-25)28(33)22-10-14-24(15-11-22)29(3,4)5/h7-18,20H,19H2,1-6H3,(H,30,32). The molecule has 36 heavy (non-hydrogen) atoms. The molecule has 190 valence electrons. The predicted molar refractivity (Wildman–Crippen MR) is 146 cm³/mol. The number of carbonyl (C=O) groups is 2. The van der Waals surface area contributed by atoms with Gasteiger partial charge < -0.3 is 5.32 Å². The molecule has 7 heteroatoms. The van der Waals surface area contributed by atoms with Gasteiger partial charge in [-0.15, -0.1) is 0 Å². The Hall–Kier alpha value is -3.45. The minimum absolute atomic E-state index is 0.0118. The Morgan fingerprint density at radius 1 is 0.889 bits per heavy atom. The van der Waals surface area contributed by atoms with Crippen molar-refractivity contribution in [1.82, 2.24) is 0 Å². The highest BCUT2D eigenvalue weighted by molar-refractivity contribution is 7.92. The van der Waals surface area contributed by atoms with E-state index in [-0.39, 0.29) is 17.7 Å². The molecule has 0 aromatic heterocycles. The number of carbonyl (C=O) groups excluding carboxylic acids is 2. The SMILES string of the molecule is CC(C)c1ccc(N(CC(=O)Nc2cccc(C(=O)c3ccc(C(C)(C)C)cc3)c2)S(C)(=O)=O)cc1. The van der Waals surface area contributed by atoms with E-state index in [0.29, 0.717) is 28.4 Å². The largest absolute Gasteiger partial charge is 0.324 e. The second kappa shape index (κ2) is 10.7. The first-order chi connectivity index (χ1) is 16.8. The van der Waals surface area contributed by atoms with Crippen molar-refractivity contribution in [3.05, 3.63) is 95.1 Å². The van der Waals surface area contributed by atoms with Gasteiger partial charge in [0.05, 0.1) is 11.9 Å². The molecule has 0 saturated heterocycles. The molecule has 0 aliphatic rings. The normalized spacial score (nSPS) is 11.9. The zero-order chi connectivity index (χ0) is 26.7. The summed E-state index contributed by atoms with van der Waals surface area (Å²) in [4.78, 5) is 25.8. The van der Waals surface area contributed by atoms with Gasteiger partial charge in [-0.05, 0) is 46.7 Å². The van der Waals surface area contributed by atoms with Gasteiger partial charge in [-0.2, -0.15) is 0 Å². The summed E-state index contributed by atoms with van der Waals surface area (Å²) in [6, 6.07) is 21.3. The summed E-state index contributed by atoms with van der Waals surface area (Å²) in [7, 11) is -3.69. The van der Waals surface area contributed by atoms with Crippen molar-refractivity contribution in [3.8, 4) is 0 Å². The van der Waals surface area contributed by atoms with Gasteiger partial charge in [0, 0.05) is 16.8 Å². The van der Waals surface area contributed by atoms with Gasteiger partial charge in [-0.1, -0.05) is 83.1 Å². The van der Waals surface area contributed by atoms with E-state index in [1.165, 1.54) is 0 Å². The Kier molecular flexibility index (Phi) is 8.04. The molecule has 1 N–H and O–H groups in total. The van der Waals surface area contributed by atoms with Gasteiger partial charge in [-0.3, -0.25) is 13.9 Å². The van der Waals surface area contributed by atoms with Crippen LogP contribution in [-0.2, 0) is 20.2 Å². The van der Waals surface area contributed by atoms with E-state index in [1.54, 1.807) is 36.4 Å². The molecule has 0 bridgehead atoms. The third kappa shape index (κ3) is 6.82. The highest BCUT2D eigenvalue weighted by Crippen LogP contribution is 2.24. The highest BCUT2D eigenvalue weighted by Gasteiger charge is 2.21. The second-order valence-electron chi connectivity index (χ2n) is 10.3. The van der Waals surface area contributed by atoms with Crippen LogP contribution in [0.25, 0.3) is 0 Å². The quantitative estimate of drug-likeness (QED) is 0.395. The molecule has 3 rings (SSSR count). The maximum Gasteiger partial charge on any atom is 0.245 e. The number of amides is 1. The summed E-state index contributed by atoms with van der Waals surface area (Å²) >= 11 is 0. The van der Waals surface area contributed by atoms with Crippen molar-refractivity contribution in [1.29, 1.82) is 0 Å². The van der Waals surface area contributed by atoms with Gasteiger partial charge in [-0.25, -0.2) is 8.42 Å². The number of rotatable bonds is 8. The van der Waals surface area contributed by atoms with Gasteiger partial charge in [0.2, 0.25) is 15.9 Å². The number of ketones is 1. The fourth-order valence-corrected chi connectivity index (χ4v) is 4.64. The molecule has 0 atom stereocenters. The molecule has 1 amide bonds. The van der Waals surface area contributed by atoms with Crippen LogP contribution < -0.4 is 9.62 Å². The Balaban J connectivity index is 1.75. The number of hydrogen-bond acceptors (Lipinski definition) is 4. The van der Waals surface area contributed by atoms with Gasteiger partial charge >= 0.3 is 0 Å². The molecule has 0 radical (unpaired) electrons. The van der Waals surface area contributed by atoms with E-state index in [2.05, 4.69) is 39.9 Å². The summed E-state index contributed by atoms with van der Waals surface area (Å²) in [5, 5.41) is 2.72. The number of nitrogens with one attached hydrogen (secondary N) is 1. The summed E-state index contributed by atoms with van der Waals surface area (Å²) in [5.41, 5.74) is 4.02. The Labute approximate surface area is 214 Å². The molecular formula is C29H34N2O4S.